The first-order valence-corrected chi connectivity index (χ1v) is 7.43. The van der Waals surface area contributed by atoms with Crippen molar-refractivity contribution >= 4 is 0 Å². The topological polar surface area (TPSA) is 52.7 Å². The summed E-state index contributed by atoms with van der Waals surface area (Å²) >= 11 is 0. The Kier molecular flexibility index (Phi) is 3.95. The van der Waals surface area contributed by atoms with Crippen molar-refractivity contribution in [3.63, 3.8) is 0 Å². The van der Waals surface area contributed by atoms with Gasteiger partial charge in [0.05, 0.1) is 5.69 Å². The van der Waals surface area contributed by atoms with Crippen molar-refractivity contribution in [1.29, 1.82) is 0 Å². The van der Waals surface area contributed by atoms with Crippen LogP contribution in [0.3, 0.4) is 0 Å². The summed E-state index contributed by atoms with van der Waals surface area (Å²) in [6, 6.07) is 9.42. The molecule has 1 aromatic heterocycles. The second-order valence-electron chi connectivity index (χ2n) is 5.52. The highest BCUT2D eigenvalue weighted by Gasteiger charge is 2.15. The molecule has 1 aliphatic carbocycles. The molecule has 1 aliphatic rings. The van der Waals surface area contributed by atoms with Crippen LogP contribution in [0.15, 0.2) is 35.1 Å². The second-order valence-corrected chi connectivity index (χ2v) is 5.52. The van der Waals surface area contributed by atoms with Gasteiger partial charge in [0.25, 0.3) is 0 Å². The molecule has 0 unspecified atom stereocenters. The van der Waals surface area contributed by atoms with Gasteiger partial charge in [-0.05, 0) is 41.3 Å². The standard InChI is InChI=1S/C15H20N4O/c20-15-18(12-6-9-13-7-4-5-8-13)16-17-19(15)14-10-2-1-3-11-14/h1-3,10-11,13H,4-9,12H2. The highest BCUT2D eigenvalue weighted by molar-refractivity contribution is 5.28. The maximum atomic E-state index is 12.2. The quantitative estimate of drug-likeness (QED) is 0.839. The number of rotatable bonds is 5. The molecule has 0 aliphatic heterocycles. The van der Waals surface area contributed by atoms with Crippen LogP contribution in [0.2, 0.25) is 0 Å². The zero-order chi connectivity index (χ0) is 13.8. The molecule has 1 aromatic carbocycles. The molecular formula is C15H20N4O. The number of para-hydroxylation sites is 1. The molecule has 0 radical (unpaired) electrons. The second kappa shape index (κ2) is 6.03. The van der Waals surface area contributed by atoms with E-state index in [1.165, 1.54) is 41.5 Å². The third-order valence-corrected chi connectivity index (χ3v) is 4.10. The van der Waals surface area contributed by atoms with E-state index >= 15 is 0 Å². The fraction of sp³-hybridized carbons (Fsp3) is 0.533. The molecule has 3 rings (SSSR count). The number of aryl methyl sites for hydroxylation is 1. The lowest BCUT2D eigenvalue weighted by molar-refractivity contribution is 0.438. The Morgan fingerprint density at radius 1 is 1.10 bits per heavy atom. The number of aromatic nitrogens is 4. The molecule has 0 bridgehead atoms. The average molecular weight is 272 g/mol. The Balaban J connectivity index is 1.63. The number of benzene rings is 1. The van der Waals surface area contributed by atoms with E-state index in [9.17, 15) is 4.79 Å². The molecule has 106 valence electrons. The van der Waals surface area contributed by atoms with E-state index in [-0.39, 0.29) is 5.69 Å². The highest BCUT2D eigenvalue weighted by atomic mass is 16.2. The van der Waals surface area contributed by atoms with Gasteiger partial charge in [-0.3, -0.25) is 0 Å². The summed E-state index contributed by atoms with van der Waals surface area (Å²) in [5, 5.41) is 7.93. The van der Waals surface area contributed by atoms with Crippen molar-refractivity contribution in [3.05, 3.63) is 40.8 Å². The maximum absolute atomic E-state index is 12.2. The summed E-state index contributed by atoms with van der Waals surface area (Å²) in [6.07, 6.45) is 7.66. The van der Waals surface area contributed by atoms with Crippen LogP contribution in [0, 0.1) is 5.92 Å². The minimum Gasteiger partial charge on any atom is -0.244 e. The smallest absolute Gasteiger partial charge is 0.244 e. The lowest BCUT2D eigenvalue weighted by atomic mass is 10.0. The average Bonchev–Trinajstić information content (AvgIpc) is 3.11. The van der Waals surface area contributed by atoms with Crippen molar-refractivity contribution < 1.29 is 0 Å². The fourth-order valence-electron chi connectivity index (χ4n) is 2.97. The molecule has 0 N–H and O–H groups in total. The Morgan fingerprint density at radius 2 is 1.85 bits per heavy atom. The molecule has 0 amide bonds. The zero-order valence-electron chi connectivity index (χ0n) is 11.6. The molecule has 20 heavy (non-hydrogen) atoms. The predicted molar refractivity (Wildman–Crippen MR) is 76.8 cm³/mol. The van der Waals surface area contributed by atoms with Crippen LogP contribution >= 0.6 is 0 Å². The van der Waals surface area contributed by atoms with Crippen LogP contribution < -0.4 is 5.69 Å². The monoisotopic (exact) mass is 272 g/mol. The number of hydrogen-bond donors (Lipinski definition) is 0. The van der Waals surface area contributed by atoms with Gasteiger partial charge in [0.1, 0.15) is 0 Å². The van der Waals surface area contributed by atoms with Crippen molar-refractivity contribution in [2.24, 2.45) is 5.92 Å². The fourth-order valence-corrected chi connectivity index (χ4v) is 2.97. The van der Waals surface area contributed by atoms with E-state index in [1.807, 2.05) is 30.3 Å². The van der Waals surface area contributed by atoms with Crippen LogP contribution in [0.25, 0.3) is 5.69 Å². The van der Waals surface area contributed by atoms with Crippen LogP contribution in [-0.4, -0.2) is 19.8 Å². The number of nitrogens with zero attached hydrogens (tertiary/aromatic N) is 4. The Morgan fingerprint density at radius 3 is 2.60 bits per heavy atom. The van der Waals surface area contributed by atoms with E-state index in [2.05, 4.69) is 10.4 Å². The summed E-state index contributed by atoms with van der Waals surface area (Å²) < 4.78 is 2.83. The molecule has 1 fully saturated rings. The van der Waals surface area contributed by atoms with Crippen LogP contribution in [0.1, 0.15) is 38.5 Å². The minimum atomic E-state index is -0.150. The lowest BCUT2D eigenvalue weighted by Gasteiger charge is -2.07. The molecular weight excluding hydrogens is 252 g/mol. The number of tetrazole rings is 1. The molecule has 1 heterocycles. The zero-order valence-corrected chi connectivity index (χ0v) is 11.6. The Bertz CT molecular complexity index is 596. The first-order chi connectivity index (χ1) is 9.84. The molecule has 0 atom stereocenters. The van der Waals surface area contributed by atoms with E-state index in [0.717, 1.165) is 18.0 Å². The largest absolute Gasteiger partial charge is 0.368 e. The van der Waals surface area contributed by atoms with Gasteiger partial charge in [-0.2, -0.15) is 9.36 Å². The first-order valence-electron chi connectivity index (χ1n) is 7.43. The van der Waals surface area contributed by atoms with E-state index in [0.29, 0.717) is 6.54 Å². The van der Waals surface area contributed by atoms with Crippen LogP contribution in [-0.2, 0) is 6.54 Å². The third-order valence-electron chi connectivity index (χ3n) is 4.10. The van der Waals surface area contributed by atoms with Gasteiger partial charge >= 0.3 is 5.69 Å². The van der Waals surface area contributed by atoms with Crippen LogP contribution in [0.4, 0.5) is 0 Å². The van der Waals surface area contributed by atoms with Crippen molar-refractivity contribution in [2.45, 2.75) is 45.1 Å². The predicted octanol–water partition coefficient (Wildman–Crippen LogP) is 2.40. The molecule has 0 saturated heterocycles. The van der Waals surface area contributed by atoms with E-state index < -0.39 is 0 Å². The van der Waals surface area contributed by atoms with Crippen LogP contribution in [0.5, 0.6) is 0 Å². The van der Waals surface area contributed by atoms with E-state index in [4.69, 9.17) is 0 Å². The van der Waals surface area contributed by atoms with Crippen molar-refractivity contribution in [3.8, 4) is 5.69 Å². The molecule has 5 nitrogen and oxygen atoms in total. The van der Waals surface area contributed by atoms with Gasteiger partial charge in [0.2, 0.25) is 0 Å². The molecule has 2 aromatic rings. The summed E-state index contributed by atoms with van der Waals surface area (Å²) in [7, 11) is 0. The maximum Gasteiger partial charge on any atom is 0.368 e. The van der Waals surface area contributed by atoms with E-state index in [1.54, 1.807) is 0 Å². The SMILES string of the molecule is O=c1n(CCCC2CCCC2)nnn1-c1ccccc1. The van der Waals surface area contributed by atoms with Gasteiger partial charge in [0, 0.05) is 6.54 Å². The lowest BCUT2D eigenvalue weighted by Crippen LogP contribution is -2.24. The molecule has 1 saturated carbocycles. The normalized spacial score (nSPS) is 15.8. The summed E-state index contributed by atoms with van der Waals surface area (Å²) in [4.78, 5) is 12.2. The van der Waals surface area contributed by atoms with Crippen molar-refractivity contribution in [1.82, 2.24) is 19.8 Å². The molecule has 5 heteroatoms. The van der Waals surface area contributed by atoms with Gasteiger partial charge in [-0.25, -0.2) is 4.79 Å². The van der Waals surface area contributed by atoms with Gasteiger partial charge < -0.3 is 0 Å². The highest BCUT2D eigenvalue weighted by Crippen LogP contribution is 2.28. The summed E-state index contributed by atoms with van der Waals surface area (Å²) in [5.74, 6) is 0.856. The van der Waals surface area contributed by atoms with Crippen molar-refractivity contribution in [2.75, 3.05) is 0 Å². The number of hydrogen-bond acceptors (Lipinski definition) is 3. The third kappa shape index (κ3) is 2.81. The van der Waals surface area contributed by atoms with Gasteiger partial charge in [-0.15, -0.1) is 0 Å². The summed E-state index contributed by atoms with van der Waals surface area (Å²) in [5.41, 5.74) is 0.613. The first kappa shape index (κ1) is 13.1. The molecule has 0 spiro atoms. The van der Waals surface area contributed by atoms with Gasteiger partial charge in [-0.1, -0.05) is 43.9 Å². The minimum absolute atomic E-state index is 0.150. The Labute approximate surface area is 118 Å². The Hall–Kier alpha value is -1.91. The van der Waals surface area contributed by atoms with Gasteiger partial charge in [0.15, 0.2) is 0 Å². The summed E-state index contributed by atoms with van der Waals surface area (Å²) in [6.45, 7) is 0.669.